The number of amides is 1. The van der Waals surface area contributed by atoms with Gasteiger partial charge in [0.15, 0.2) is 0 Å². The third-order valence-corrected chi connectivity index (χ3v) is 6.57. The number of carbonyl (C=O) groups is 1. The molecule has 9 heteroatoms. The molecule has 1 amide bonds. The highest BCUT2D eigenvalue weighted by molar-refractivity contribution is 7.85. The zero-order valence-electron chi connectivity index (χ0n) is 16.7. The van der Waals surface area contributed by atoms with Gasteiger partial charge in [0.25, 0.3) is 10.1 Å². The fraction of sp³-hybridized carbons (Fsp3) is 0.381. The molecule has 1 aliphatic heterocycles. The maximum absolute atomic E-state index is 12.8. The molecular formula is C21H23Cl2NO5S. The van der Waals surface area contributed by atoms with Crippen LogP contribution >= 0.6 is 23.2 Å². The first-order valence-electron chi connectivity index (χ1n) is 9.32. The van der Waals surface area contributed by atoms with Crippen molar-refractivity contribution < 1.29 is 22.1 Å². The molecule has 0 saturated carbocycles. The molecule has 1 fully saturated rings. The highest BCUT2D eigenvalue weighted by Crippen LogP contribution is 2.40. The molecular weight excluding hydrogens is 449 g/mol. The molecule has 1 saturated heterocycles. The number of nitrogens with zero attached hydrogens (tertiary/aromatic N) is 1. The van der Waals surface area contributed by atoms with Crippen LogP contribution in [0.3, 0.4) is 0 Å². The second-order valence-corrected chi connectivity index (χ2v) is 9.92. The Kier molecular flexibility index (Phi) is 6.97. The van der Waals surface area contributed by atoms with Crippen molar-refractivity contribution >= 4 is 39.2 Å². The topological polar surface area (TPSA) is 72.9 Å². The predicted molar refractivity (Wildman–Crippen MR) is 117 cm³/mol. The van der Waals surface area contributed by atoms with Crippen molar-refractivity contribution in [2.24, 2.45) is 0 Å². The maximum atomic E-state index is 12.8. The van der Waals surface area contributed by atoms with Crippen LogP contribution in [0.5, 0.6) is 5.75 Å². The van der Waals surface area contributed by atoms with Crippen LogP contribution in [0.4, 0.5) is 0 Å². The monoisotopic (exact) mass is 471 g/mol. The number of hydrogen-bond donors (Lipinski definition) is 0. The Balaban J connectivity index is 1.73. The van der Waals surface area contributed by atoms with E-state index in [2.05, 4.69) is 0 Å². The molecule has 0 aromatic heterocycles. The molecule has 0 N–H and O–H groups in total. The average molecular weight is 472 g/mol. The van der Waals surface area contributed by atoms with Gasteiger partial charge in [-0.15, -0.1) is 0 Å². The van der Waals surface area contributed by atoms with E-state index in [1.165, 1.54) is 0 Å². The molecule has 0 unspecified atom stereocenters. The Hall–Kier alpha value is -1.80. The van der Waals surface area contributed by atoms with Crippen molar-refractivity contribution in [3.8, 4) is 5.75 Å². The van der Waals surface area contributed by atoms with E-state index in [0.717, 1.165) is 17.4 Å². The van der Waals surface area contributed by atoms with E-state index in [1.54, 1.807) is 24.1 Å². The zero-order chi connectivity index (χ0) is 21.9. The number of hydrogen-bond acceptors (Lipinski definition) is 5. The molecule has 0 spiro atoms. The van der Waals surface area contributed by atoms with Crippen LogP contribution in [0.1, 0.15) is 17.5 Å². The van der Waals surface area contributed by atoms with Gasteiger partial charge in [0.05, 0.1) is 36.4 Å². The Morgan fingerprint density at radius 2 is 1.87 bits per heavy atom. The normalized spacial score (nSPS) is 15.5. The first-order chi connectivity index (χ1) is 14.1. The molecule has 2 aromatic rings. The molecule has 0 atom stereocenters. The summed E-state index contributed by atoms with van der Waals surface area (Å²) >= 11 is 12.2. The summed E-state index contributed by atoms with van der Waals surface area (Å²) in [4.78, 5) is 14.5. The number of carbonyl (C=O) groups excluding carboxylic acids is 1. The maximum Gasteiger partial charge on any atom is 0.264 e. The van der Waals surface area contributed by atoms with Crippen LogP contribution in [0.15, 0.2) is 42.5 Å². The molecule has 1 aliphatic rings. The Morgan fingerprint density at radius 1 is 1.13 bits per heavy atom. The van der Waals surface area contributed by atoms with Gasteiger partial charge in [-0.2, -0.15) is 8.42 Å². The molecule has 1 heterocycles. The second kappa shape index (κ2) is 9.14. The summed E-state index contributed by atoms with van der Waals surface area (Å²) < 4.78 is 32.9. The predicted octanol–water partition coefficient (Wildman–Crippen LogP) is 3.69. The minimum absolute atomic E-state index is 0.0111. The van der Waals surface area contributed by atoms with Crippen LogP contribution in [-0.4, -0.2) is 52.3 Å². The van der Waals surface area contributed by atoms with E-state index in [9.17, 15) is 13.2 Å². The number of halogens is 2. The summed E-state index contributed by atoms with van der Waals surface area (Å²) in [6.45, 7) is 0.915. The van der Waals surface area contributed by atoms with Crippen molar-refractivity contribution in [1.29, 1.82) is 0 Å². The van der Waals surface area contributed by atoms with Gasteiger partial charge in [0.1, 0.15) is 5.75 Å². The smallest absolute Gasteiger partial charge is 0.264 e. The van der Waals surface area contributed by atoms with Gasteiger partial charge in [0.2, 0.25) is 5.91 Å². The number of benzene rings is 2. The van der Waals surface area contributed by atoms with Crippen molar-refractivity contribution in [3.63, 3.8) is 0 Å². The highest BCUT2D eigenvalue weighted by Gasteiger charge is 2.46. The second-order valence-electron chi connectivity index (χ2n) is 7.46. The third kappa shape index (κ3) is 5.46. The number of methoxy groups -OCH3 is 1. The molecule has 162 valence electrons. The average Bonchev–Trinajstić information content (AvgIpc) is 2.65. The molecule has 30 heavy (non-hydrogen) atoms. The summed E-state index contributed by atoms with van der Waals surface area (Å²) in [6, 6.07) is 12.7. The largest absolute Gasteiger partial charge is 0.497 e. The van der Waals surface area contributed by atoms with Crippen molar-refractivity contribution in [2.75, 3.05) is 33.1 Å². The summed E-state index contributed by atoms with van der Waals surface area (Å²) in [7, 11) is -1.96. The first-order valence-corrected chi connectivity index (χ1v) is 11.9. The van der Waals surface area contributed by atoms with E-state index in [1.807, 2.05) is 30.3 Å². The van der Waals surface area contributed by atoms with Gasteiger partial charge < -0.3 is 9.64 Å². The van der Waals surface area contributed by atoms with Gasteiger partial charge in [-0.1, -0.05) is 41.4 Å². The Bertz CT molecular complexity index is 1040. The molecule has 0 bridgehead atoms. The van der Waals surface area contributed by atoms with E-state index in [-0.39, 0.29) is 18.9 Å². The SMILES string of the molecule is COc1cccc(CC(=O)N2CC(CCOS(C)(=O)=O)(c3ccc(Cl)c(Cl)c3)C2)c1. The highest BCUT2D eigenvalue weighted by atomic mass is 35.5. The van der Waals surface area contributed by atoms with E-state index >= 15 is 0 Å². The summed E-state index contributed by atoms with van der Waals surface area (Å²) in [5.41, 5.74) is 1.33. The van der Waals surface area contributed by atoms with Gasteiger partial charge in [-0.3, -0.25) is 8.98 Å². The van der Waals surface area contributed by atoms with E-state index < -0.39 is 15.5 Å². The summed E-state index contributed by atoms with van der Waals surface area (Å²) in [5.74, 6) is 0.690. The zero-order valence-corrected chi connectivity index (χ0v) is 19.1. The van der Waals surface area contributed by atoms with E-state index in [4.69, 9.17) is 32.1 Å². The van der Waals surface area contributed by atoms with Gasteiger partial charge in [-0.05, 0) is 41.8 Å². The Labute approximate surface area is 186 Å². The quantitative estimate of drug-likeness (QED) is 0.548. The number of ether oxygens (including phenoxy) is 1. The minimum atomic E-state index is -3.54. The van der Waals surface area contributed by atoms with Gasteiger partial charge in [0, 0.05) is 18.5 Å². The van der Waals surface area contributed by atoms with Crippen LogP contribution in [0.2, 0.25) is 10.0 Å². The Morgan fingerprint density at radius 3 is 2.50 bits per heavy atom. The summed E-state index contributed by atoms with van der Waals surface area (Å²) in [5, 5.41) is 0.854. The number of rotatable bonds is 8. The van der Waals surface area contributed by atoms with Crippen LogP contribution in [0.25, 0.3) is 0 Å². The van der Waals surface area contributed by atoms with Crippen LogP contribution in [-0.2, 0) is 30.9 Å². The lowest BCUT2D eigenvalue weighted by Crippen LogP contribution is -2.62. The fourth-order valence-electron chi connectivity index (χ4n) is 3.63. The van der Waals surface area contributed by atoms with Crippen molar-refractivity contribution in [2.45, 2.75) is 18.3 Å². The lowest BCUT2D eigenvalue weighted by Gasteiger charge is -2.51. The molecule has 6 nitrogen and oxygen atoms in total. The molecule has 3 rings (SSSR count). The molecule has 2 aromatic carbocycles. The minimum Gasteiger partial charge on any atom is -0.497 e. The van der Waals surface area contributed by atoms with Crippen LogP contribution < -0.4 is 4.74 Å². The van der Waals surface area contributed by atoms with Gasteiger partial charge >= 0.3 is 0 Å². The number of likely N-dealkylation sites (tertiary alicyclic amines) is 1. The molecule has 0 radical (unpaired) electrons. The van der Waals surface area contributed by atoms with E-state index in [0.29, 0.717) is 35.3 Å². The first kappa shape index (κ1) is 22.9. The molecule has 0 aliphatic carbocycles. The lowest BCUT2D eigenvalue weighted by atomic mass is 9.71. The van der Waals surface area contributed by atoms with Crippen molar-refractivity contribution in [3.05, 3.63) is 63.6 Å². The van der Waals surface area contributed by atoms with Crippen LogP contribution in [0, 0.1) is 0 Å². The van der Waals surface area contributed by atoms with Gasteiger partial charge in [-0.25, -0.2) is 0 Å². The van der Waals surface area contributed by atoms with Crippen molar-refractivity contribution in [1.82, 2.24) is 4.90 Å². The third-order valence-electron chi connectivity index (χ3n) is 5.24. The summed E-state index contributed by atoms with van der Waals surface area (Å²) in [6.07, 6.45) is 1.71. The lowest BCUT2D eigenvalue weighted by molar-refractivity contribution is -0.138. The standard InChI is InChI=1S/C21H23Cl2NO5S/c1-28-17-5-3-4-15(10-17)11-20(25)24-13-21(14-24,8-9-29-30(2,26)27)16-6-7-18(22)19(23)12-16/h3-7,10,12H,8-9,11,13-14H2,1-2H3. The fourth-order valence-corrected chi connectivity index (χ4v) is 4.31.